The fourth-order valence-corrected chi connectivity index (χ4v) is 3.51. The van der Waals surface area contributed by atoms with E-state index in [2.05, 4.69) is 64.3 Å². The van der Waals surface area contributed by atoms with Crippen molar-refractivity contribution in [3.05, 3.63) is 35.9 Å². The first-order chi connectivity index (χ1) is 11.8. The second-order valence-electron chi connectivity index (χ2n) is 6.64. The van der Waals surface area contributed by atoms with Gasteiger partial charge in [-0.25, -0.2) is 0 Å². The summed E-state index contributed by atoms with van der Waals surface area (Å²) in [5, 5.41) is 3.55. The van der Waals surface area contributed by atoms with Gasteiger partial charge in [0.05, 0.1) is 0 Å². The smallest absolute Gasteiger partial charge is 0.193 e. The van der Waals surface area contributed by atoms with Crippen molar-refractivity contribution in [3.63, 3.8) is 0 Å². The van der Waals surface area contributed by atoms with Gasteiger partial charge in [0.25, 0.3) is 0 Å². The molecule has 4 nitrogen and oxygen atoms in total. The summed E-state index contributed by atoms with van der Waals surface area (Å²) >= 11 is 0. The van der Waals surface area contributed by atoms with Gasteiger partial charge >= 0.3 is 0 Å². The van der Waals surface area contributed by atoms with Crippen molar-refractivity contribution in [3.8, 4) is 0 Å². The van der Waals surface area contributed by atoms with Gasteiger partial charge in [0, 0.05) is 26.7 Å². The lowest BCUT2D eigenvalue weighted by Crippen LogP contribution is -2.41. The molecule has 1 heterocycles. The van der Waals surface area contributed by atoms with E-state index in [1.54, 1.807) is 0 Å². The summed E-state index contributed by atoms with van der Waals surface area (Å²) in [5.41, 5.74) is 1.45. The van der Waals surface area contributed by atoms with Crippen LogP contribution in [-0.2, 0) is 6.42 Å². The molecular formula is C20H34N4. The molecule has 1 aliphatic heterocycles. The Kier molecular flexibility index (Phi) is 8.10. The van der Waals surface area contributed by atoms with Crippen molar-refractivity contribution >= 4 is 5.96 Å². The molecular weight excluding hydrogens is 296 g/mol. The Morgan fingerprint density at radius 1 is 1.25 bits per heavy atom. The van der Waals surface area contributed by atoms with Gasteiger partial charge in [-0.1, -0.05) is 44.2 Å². The monoisotopic (exact) mass is 330 g/mol. The van der Waals surface area contributed by atoms with Gasteiger partial charge in [0.2, 0.25) is 0 Å². The number of hydrogen-bond donors (Lipinski definition) is 1. The lowest BCUT2D eigenvalue weighted by molar-refractivity contribution is 0.299. The maximum atomic E-state index is 4.49. The summed E-state index contributed by atoms with van der Waals surface area (Å²) in [7, 11) is 1.90. The molecule has 0 spiro atoms. The third-order valence-electron chi connectivity index (χ3n) is 4.99. The van der Waals surface area contributed by atoms with Gasteiger partial charge in [-0.3, -0.25) is 4.99 Å². The molecule has 1 aromatic carbocycles. The zero-order valence-electron chi connectivity index (χ0n) is 15.7. The zero-order valence-corrected chi connectivity index (χ0v) is 15.7. The van der Waals surface area contributed by atoms with E-state index in [0.29, 0.717) is 0 Å². The van der Waals surface area contributed by atoms with Gasteiger partial charge in [-0.05, 0) is 50.4 Å². The third kappa shape index (κ3) is 5.82. The van der Waals surface area contributed by atoms with Crippen molar-refractivity contribution in [2.24, 2.45) is 10.9 Å². The third-order valence-corrected chi connectivity index (χ3v) is 4.99. The normalized spacial score (nSPS) is 18.4. The molecule has 0 bridgehead atoms. The molecule has 2 rings (SSSR count). The van der Waals surface area contributed by atoms with Crippen LogP contribution in [-0.4, -0.2) is 62.1 Å². The second-order valence-corrected chi connectivity index (χ2v) is 6.64. The van der Waals surface area contributed by atoms with Crippen molar-refractivity contribution < 1.29 is 0 Å². The predicted molar refractivity (Wildman–Crippen MR) is 104 cm³/mol. The van der Waals surface area contributed by atoms with Crippen molar-refractivity contribution in [1.29, 1.82) is 0 Å². The lowest BCUT2D eigenvalue weighted by atomic mass is 9.99. The van der Waals surface area contributed by atoms with E-state index in [1.165, 1.54) is 24.8 Å². The molecule has 1 unspecified atom stereocenters. The van der Waals surface area contributed by atoms with Gasteiger partial charge < -0.3 is 15.1 Å². The van der Waals surface area contributed by atoms with Gasteiger partial charge in [0.1, 0.15) is 0 Å². The van der Waals surface area contributed by atoms with Crippen molar-refractivity contribution in [1.82, 2.24) is 15.1 Å². The Balaban J connectivity index is 1.72. The number of rotatable bonds is 8. The minimum Gasteiger partial charge on any atom is -0.356 e. The highest BCUT2D eigenvalue weighted by molar-refractivity contribution is 5.80. The van der Waals surface area contributed by atoms with E-state index < -0.39 is 0 Å². The van der Waals surface area contributed by atoms with E-state index in [0.717, 1.165) is 51.1 Å². The molecule has 4 heteroatoms. The lowest BCUT2D eigenvalue weighted by Gasteiger charge is -2.23. The van der Waals surface area contributed by atoms with Gasteiger partial charge in [0.15, 0.2) is 5.96 Å². The maximum Gasteiger partial charge on any atom is 0.193 e. The molecule has 0 saturated carbocycles. The minimum absolute atomic E-state index is 0.738. The van der Waals surface area contributed by atoms with E-state index in [9.17, 15) is 0 Å². The summed E-state index contributed by atoms with van der Waals surface area (Å²) in [6.45, 7) is 11.1. The zero-order chi connectivity index (χ0) is 17.2. The molecule has 1 saturated heterocycles. The van der Waals surface area contributed by atoms with Crippen molar-refractivity contribution in [2.75, 3.05) is 46.3 Å². The van der Waals surface area contributed by atoms with Crippen LogP contribution in [0.2, 0.25) is 0 Å². The number of likely N-dealkylation sites (tertiary alicyclic amines) is 1. The average Bonchev–Trinajstić information content (AvgIpc) is 3.07. The number of benzene rings is 1. The number of nitrogens with zero attached hydrogens (tertiary/aromatic N) is 3. The molecule has 1 atom stereocenters. The number of hydrogen-bond acceptors (Lipinski definition) is 2. The molecule has 0 aliphatic carbocycles. The Hall–Kier alpha value is -1.55. The molecule has 1 fully saturated rings. The molecule has 1 N–H and O–H groups in total. The standard InChI is InChI=1S/C20H34N4/c1-4-23(5-2)14-9-13-22-20(21-3)24-15-12-19(17-24)16-18-10-7-6-8-11-18/h6-8,10-11,19H,4-5,9,12-17H2,1-3H3,(H,21,22). The fourth-order valence-electron chi connectivity index (χ4n) is 3.51. The van der Waals surface area contributed by atoms with Crippen LogP contribution in [0.5, 0.6) is 0 Å². The first-order valence-corrected chi connectivity index (χ1v) is 9.48. The molecule has 0 amide bonds. The number of guanidine groups is 1. The first-order valence-electron chi connectivity index (χ1n) is 9.48. The Morgan fingerprint density at radius 3 is 2.67 bits per heavy atom. The summed E-state index contributed by atoms with van der Waals surface area (Å²) in [6.07, 6.45) is 3.60. The second kappa shape index (κ2) is 10.3. The summed E-state index contributed by atoms with van der Waals surface area (Å²) < 4.78 is 0. The molecule has 1 aromatic rings. The van der Waals surface area contributed by atoms with Crippen LogP contribution in [0.4, 0.5) is 0 Å². The number of aliphatic imine (C=N–C) groups is 1. The van der Waals surface area contributed by atoms with E-state index >= 15 is 0 Å². The van der Waals surface area contributed by atoms with Gasteiger partial charge in [-0.2, -0.15) is 0 Å². The molecule has 24 heavy (non-hydrogen) atoms. The van der Waals surface area contributed by atoms with E-state index in [1.807, 2.05) is 7.05 Å². The molecule has 1 aliphatic rings. The Labute approximate surface area is 147 Å². The Bertz CT molecular complexity index is 482. The van der Waals surface area contributed by atoms with Crippen LogP contribution in [0.15, 0.2) is 35.3 Å². The largest absolute Gasteiger partial charge is 0.356 e. The van der Waals surface area contributed by atoms with E-state index in [4.69, 9.17) is 0 Å². The van der Waals surface area contributed by atoms with Crippen LogP contribution in [0.3, 0.4) is 0 Å². The van der Waals surface area contributed by atoms with Crippen LogP contribution in [0.1, 0.15) is 32.3 Å². The maximum absolute atomic E-state index is 4.49. The van der Waals surface area contributed by atoms with Crippen LogP contribution in [0.25, 0.3) is 0 Å². The molecule has 0 aromatic heterocycles. The average molecular weight is 331 g/mol. The molecule has 134 valence electrons. The summed E-state index contributed by atoms with van der Waals surface area (Å²) in [4.78, 5) is 9.38. The van der Waals surface area contributed by atoms with Crippen LogP contribution >= 0.6 is 0 Å². The SMILES string of the molecule is CCN(CC)CCCNC(=NC)N1CCC(Cc2ccccc2)C1. The number of nitrogens with one attached hydrogen (secondary N) is 1. The van der Waals surface area contributed by atoms with Gasteiger partial charge in [-0.15, -0.1) is 0 Å². The highest BCUT2D eigenvalue weighted by atomic mass is 15.3. The fraction of sp³-hybridized carbons (Fsp3) is 0.650. The predicted octanol–water partition coefficient (Wildman–Crippen LogP) is 2.86. The first kappa shape index (κ1) is 18.8. The van der Waals surface area contributed by atoms with Crippen LogP contribution in [0, 0.1) is 5.92 Å². The Morgan fingerprint density at radius 2 is 2.00 bits per heavy atom. The highest BCUT2D eigenvalue weighted by Crippen LogP contribution is 2.20. The van der Waals surface area contributed by atoms with Crippen molar-refractivity contribution in [2.45, 2.75) is 33.1 Å². The van der Waals surface area contributed by atoms with Crippen LogP contribution < -0.4 is 5.32 Å². The summed E-state index contributed by atoms with van der Waals surface area (Å²) in [5.74, 6) is 1.81. The minimum atomic E-state index is 0.738. The highest BCUT2D eigenvalue weighted by Gasteiger charge is 2.24. The summed E-state index contributed by atoms with van der Waals surface area (Å²) in [6, 6.07) is 10.8. The molecule has 0 radical (unpaired) electrons. The quantitative estimate of drug-likeness (QED) is 0.452. The topological polar surface area (TPSA) is 30.9 Å². The van der Waals surface area contributed by atoms with E-state index in [-0.39, 0.29) is 0 Å².